The molecular weight excluding hydrogens is 264 g/mol. The van der Waals surface area contributed by atoms with Gasteiger partial charge in [0.05, 0.1) is 5.69 Å². The Morgan fingerprint density at radius 3 is 3.00 bits per heavy atom. The maximum Gasteiger partial charge on any atom is 0.273 e. The number of halogens is 1. The Morgan fingerprint density at radius 1 is 1.53 bits per heavy atom. The van der Waals surface area contributed by atoms with Crippen molar-refractivity contribution in [2.24, 2.45) is 0 Å². The minimum Gasteiger partial charge on any atom is -0.397 e. The molecule has 0 unspecified atom stereocenters. The SMILES string of the molecule is CCCn1cc(N)cc1C(=O)Nc1cc(Cl)ccn1. The molecule has 2 heterocycles. The van der Waals surface area contributed by atoms with Crippen LogP contribution in [0.4, 0.5) is 11.5 Å². The number of nitrogens with one attached hydrogen (secondary N) is 1. The molecule has 0 bridgehead atoms. The molecule has 2 rings (SSSR count). The molecule has 2 aromatic rings. The molecule has 0 fully saturated rings. The average molecular weight is 279 g/mol. The van der Waals surface area contributed by atoms with Crippen LogP contribution in [0.5, 0.6) is 0 Å². The third kappa shape index (κ3) is 3.26. The molecule has 0 spiro atoms. The molecule has 3 N–H and O–H groups in total. The van der Waals surface area contributed by atoms with E-state index in [2.05, 4.69) is 10.3 Å². The van der Waals surface area contributed by atoms with E-state index < -0.39 is 0 Å². The first kappa shape index (κ1) is 13.4. The topological polar surface area (TPSA) is 72.9 Å². The summed E-state index contributed by atoms with van der Waals surface area (Å²) in [4.78, 5) is 16.2. The number of rotatable bonds is 4. The standard InChI is InChI=1S/C13H15ClN4O/c1-2-5-18-8-10(15)7-11(18)13(19)17-12-6-9(14)3-4-16-12/h3-4,6-8H,2,5,15H2,1H3,(H,16,17,19). The lowest BCUT2D eigenvalue weighted by atomic mass is 10.3. The molecule has 0 aromatic carbocycles. The van der Waals surface area contributed by atoms with Gasteiger partial charge in [0, 0.05) is 24.0 Å². The van der Waals surface area contributed by atoms with Gasteiger partial charge in [-0.05, 0) is 24.6 Å². The van der Waals surface area contributed by atoms with Gasteiger partial charge in [0.1, 0.15) is 11.5 Å². The van der Waals surface area contributed by atoms with Crippen molar-refractivity contribution in [1.29, 1.82) is 0 Å². The first-order valence-electron chi connectivity index (χ1n) is 5.98. The van der Waals surface area contributed by atoms with E-state index in [1.54, 1.807) is 24.4 Å². The second-order valence-corrected chi connectivity index (χ2v) is 4.60. The average Bonchev–Trinajstić information content (AvgIpc) is 2.71. The van der Waals surface area contributed by atoms with Gasteiger partial charge in [0.2, 0.25) is 0 Å². The quantitative estimate of drug-likeness (QED) is 0.903. The van der Waals surface area contributed by atoms with Gasteiger partial charge in [-0.3, -0.25) is 4.79 Å². The summed E-state index contributed by atoms with van der Waals surface area (Å²) in [5.74, 6) is 0.167. The zero-order valence-corrected chi connectivity index (χ0v) is 11.3. The minimum absolute atomic E-state index is 0.250. The lowest BCUT2D eigenvalue weighted by Gasteiger charge is -2.08. The van der Waals surface area contributed by atoms with Crippen molar-refractivity contribution in [3.63, 3.8) is 0 Å². The highest BCUT2D eigenvalue weighted by molar-refractivity contribution is 6.30. The van der Waals surface area contributed by atoms with Crippen LogP contribution in [0.15, 0.2) is 30.6 Å². The zero-order chi connectivity index (χ0) is 13.8. The van der Waals surface area contributed by atoms with E-state index >= 15 is 0 Å². The molecule has 0 saturated carbocycles. The summed E-state index contributed by atoms with van der Waals surface area (Å²) in [6, 6.07) is 4.89. The Hall–Kier alpha value is -2.01. The number of amides is 1. The number of aryl methyl sites for hydroxylation is 1. The van der Waals surface area contributed by atoms with Gasteiger partial charge in [0.25, 0.3) is 5.91 Å². The van der Waals surface area contributed by atoms with Crippen LogP contribution in [0.25, 0.3) is 0 Å². The lowest BCUT2D eigenvalue weighted by Crippen LogP contribution is -2.17. The highest BCUT2D eigenvalue weighted by Crippen LogP contribution is 2.15. The fraction of sp³-hybridized carbons (Fsp3) is 0.231. The van der Waals surface area contributed by atoms with Crippen LogP contribution in [0.1, 0.15) is 23.8 Å². The monoisotopic (exact) mass is 278 g/mol. The molecule has 2 aromatic heterocycles. The molecular formula is C13H15ClN4O. The number of nitrogens with two attached hydrogens (primary N) is 1. The van der Waals surface area contributed by atoms with E-state index in [9.17, 15) is 4.79 Å². The second kappa shape index (κ2) is 5.75. The van der Waals surface area contributed by atoms with Gasteiger partial charge in [0.15, 0.2) is 0 Å². The number of nitrogen functional groups attached to an aromatic ring is 1. The van der Waals surface area contributed by atoms with Gasteiger partial charge in [-0.2, -0.15) is 0 Å². The number of carbonyl (C=O) groups excluding carboxylic acids is 1. The molecule has 0 saturated heterocycles. The largest absolute Gasteiger partial charge is 0.397 e. The number of hydrogen-bond acceptors (Lipinski definition) is 3. The predicted octanol–water partition coefficient (Wildman–Crippen LogP) is 2.78. The molecule has 6 heteroatoms. The number of pyridine rings is 1. The summed E-state index contributed by atoms with van der Waals surface area (Å²) in [6.07, 6.45) is 4.21. The van der Waals surface area contributed by atoms with Crippen LogP contribution in [0.2, 0.25) is 5.02 Å². The third-order valence-corrected chi connectivity index (χ3v) is 2.81. The van der Waals surface area contributed by atoms with Crippen molar-refractivity contribution in [3.05, 3.63) is 41.3 Å². The van der Waals surface area contributed by atoms with Gasteiger partial charge in [-0.15, -0.1) is 0 Å². The van der Waals surface area contributed by atoms with Crippen molar-refractivity contribution in [2.45, 2.75) is 19.9 Å². The normalized spacial score (nSPS) is 10.4. The van der Waals surface area contributed by atoms with Crippen molar-refractivity contribution in [1.82, 2.24) is 9.55 Å². The summed E-state index contributed by atoms with van der Waals surface area (Å²) in [7, 11) is 0. The molecule has 1 amide bonds. The van der Waals surface area contributed by atoms with Crippen LogP contribution in [-0.4, -0.2) is 15.5 Å². The van der Waals surface area contributed by atoms with Crippen molar-refractivity contribution >= 4 is 29.0 Å². The summed E-state index contributed by atoms with van der Waals surface area (Å²) >= 11 is 5.84. The fourth-order valence-electron chi connectivity index (χ4n) is 1.80. The first-order valence-corrected chi connectivity index (χ1v) is 6.36. The Kier molecular flexibility index (Phi) is 4.06. The molecule has 0 atom stereocenters. The van der Waals surface area contributed by atoms with Crippen LogP contribution in [0, 0.1) is 0 Å². The molecule has 5 nitrogen and oxygen atoms in total. The molecule has 0 radical (unpaired) electrons. The molecule has 0 aliphatic heterocycles. The van der Waals surface area contributed by atoms with Gasteiger partial charge in [-0.25, -0.2) is 4.98 Å². The minimum atomic E-state index is -0.250. The smallest absolute Gasteiger partial charge is 0.273 e. The first-order chi connectivity index (χ1) is 9.10. The number of aromatic nitrogens is 2. The van der Waals surface area contributed by atoms with Crippen LogP contribution in [-0.2, 0) is 6.54 Å². The van der Waals surface area contributed by atoms with Gasteiger partial charge in [-0.1, -0.05) is 18.5 Å². The Labute approximate surface area is 116 Å². The number of nitrogens with zero attached hydrogens (tertiary/aromatic N) is 2. The number of carbonyl (C=O) groups is 1. The maximum absolute atomic E-state index is 12.2. The summed E-state index contributed by atoms with van der Waals surface area (Å²) < 4.78 is 1.83. The van der Waals surface area contributed by atoms with Crippen LogP contribution in [0.3, 0.4) is 0 Å². The third-order valence-electron chi connectivity index (χ3n) is 2.58. The van der Waals surface area contributed by atoms with E-state index in [1.807, 2.05) is 11.5 Å². The summed E-state index contributed by atoms with van der Waals surface area (Å²) in [6.45, 7) is 2.78. The maximum atomic E-state index is 12.2. The summed E-state index contributed by atoms with van der Waals surface area (Å²) in [5, 5.41) is 3.22. The zero-order valence-electron chi connectivity index (χ0n) is 10.6. The van der Waals surface area contributed by atoms with Crippen molar-refractivity contribution < 1.29 is 4.79 Å². The van der Waals surface area contributed by atoms with E-state index in [0.29, 0.717) is 22.2 Å². The molecule has 0 aliphatic rings. The second-order valence-electron chi connectivity index (χ2n) is 4.17. The highest BCUT2D eigenvalue weighted by atomic mass is 35.5. The van der Waals surface area contributed by atoms with Gasteiger partial charge < -0.3 is 15.6 Å². The van der Waals surface area contributed by atoms with Crippen LogP contribution < -0.4 is 11.1 Å². The Morgan fingerprint density at radius 2 is 2.32 bits per heavy atom. The number of hydrogen-bond donors (Lipinski definition) is 2. The van der Waals surface area contributed by atoms with Crippen molar-refractivity contribution in [3.8, 4) is 0 Å². The van der Waals surface area contributed by atoms with Gasteiger partial charge >= 0.3 is 0 Å². The molecule has 0 aliphatic carbocycles. The summed E-state index contributed by atoms with van der Waals surface area (Å²) in [5.41, 5.74) is 6.81. The number of anilines is 2. The van der Waals surface area contributed by atoms with Crippen molar-refractivity contribution in [2.75, 3.05) is 11.1 Å². The Balaban J connectivity index is 2.20. The van der Waals surface area contributed by atoms with E-state index in [4.69, 9.17) is 17.3 Å². The highest BCUT2D eigenvalue weighted by Gasteiger charge is 2.13. The van der Waals surface area contributed by atoms with E-state index in [1.165, 1.54) is 6.20 Å². The van der Waals surface area contributed by atoms with E-state index in [0.717, 1.165) is 13.0 Å². The Bertz CT molecular complexity index is 594. The predicted molar refractivity (Wildman–Crippen MR) is 76.3 cm³/mol. The lowest BCUT2D eigenvalue weighted by molar-refractivity contribution is 0.101. The van der Waals surface area contributed by atoms with E-state index in [-0.39, 0.29) is 5.91 Å². The molecule has 19 heavy (non-hydrogen) atoms. The fourth-order valence-corrected chi connectivity index (χ4v) is 1.96. The molecule has 100 valence electrons. The van der Waals surface area contributed by atoms with Crippen LogP contribution >= 0.6 is 11.6 Å².